The SMILES string of the molecule is COCC(C)C(CO)c1ccc(F)cc1. The zero-order valence-corrected chi connectivity index (χ0v) is 9.11. The lowest BCUT2D eigenvalue weighted by Gasteiger charge is -2.21. The molecule has 0 heterocycles. The number of halogens is 1. The molecule has 15 heavy (non-hydrogen) atoms. The predicted octanol–water partition coefficient (Wildman–Crippen LogP) is 2.18. The van der Waals surface area contributed by atoms with Gasteiger partial charge in [0.1, 0.15) is 5.82 Å². The second-order valence-corrected chi connectivity index (χ2v) is 3.77. The second-order valence-electron chi connectivity index (χ2n) is 3.77. The number of ether oxygens (including phenoxy) is 1. The zero-order chi connectivity index (χ0) is 11.3. The highest BCUT2D eigenvalue weighted by molar-refractivity contribution is 5.21. The number of rotatable bonds is 5. The largest absolute Gasteiger partial charge is 0.396 e. The molecular weight excluding hydrogens is 195 g/mol. The molecule has 1 aromatic rings. The molecule has 1 N–H and O–H groups in total. The normalized spacial score (nSPS) is 14.9. The molecule has 2 atom stereocenters. The maximum atomic E-state index is 12.7. The van der Waals surface area contributed by atoms with E-state index in [1.165, 1.54) is 12.1 Å². The lowest BCUT2D eigenvalue weighted by atomic mass is 9.88. The number of aliphatic hydroxyl groups is 1. The van der Waals surface area contributed by atoms with Crippen molar-refractivity contribution < 1.29 is 14.2 Å². The predicted molar refractivity (Wildman–Crippen MR) is 57.3 cm³/mol. The first-order chi connectivity index (χ1) is 7.19. The van der Waals surface area contributed by atoms with Crippen LogP contribution < -0.4 is 0 Å². The van der Waals surface area contributed by atoms with E-state index in [0.29, 0.717) is 6.61 Å². The Bertz CT molecular complexity index is 284. The van der Waals surface area contributed by atoms with Crippen LogP contribution in [0, 0.1) is 11.7 Å². The van der Waals surface area contributed by atoms with Crippen molar-refractivity contribution in [2.75, 3.05) is 20.3 Å². The van der Waals surface area contributed by atoms with E-state index in [9.17, 15) is 9.50 Å². The standard InChI is InChI=1S/C12H17FO2/c1-9(8-15-2)12(7-14)10-3-5-11(13)6-4-10/h3-6,9,12,14H,7-8H2,1-2H3. The minimum atomic E-state index is -0.255. The minimum absolute atomic E-state index is 0.00514. The average molecular weight is 212 g/mol. The topological polar surface area (TPSA) is 29.5 Å². The van der Waals surface area contributed by atoms with Crippen LogP contribution in [0.4, 0.5) is 4.39 Å². The molecule has 2 unspecified atom stereocenters. The molecule has 84 valence electrons. The third kappa shape index (κ3) is 3.29. The van der Waals surface area contributed by atoms with Gasteiger partial charge in [-0.25, -0.2) is 4.39 Å². The summed E-state index contributed by atoms with van der Waals surface area (Å²) in [6.45, 7) is 2.65. The summed E-state index contributed by atoms with van der Waals surface area (Å²) in [5, 5.41) is 9.30. The second kappa shape index (κ2) is 5.83. The molecule has 1 aromatic carbocycles. The molecule has 0 saturated heterocycles. The van der Waals surface area contributed by atoms with Crippen LogP contribution in [0.3, 0.4) is 0 Å². The van der Waals surface area contributed by atoms with Gasteiger partial charge < -0.3 is 9.84 Å². The highest BCUT2D eigenvalue weighted by atomic mass is 19.1. The highest BCUT2D eigenvalue weighted by Gasteiger charge is 2.18. The zero-order valence-electron chi connectivity index (χ0n) is 9.11. The van der Waals surface area contributed by atoms with Gasteiger partial charge in [-0.3, -0.25) is 0 Å². The molecule has 0 aliphatic carbocycles. The Balaban J connectivity index is 2.77. The Morgan fingerprint density at radius 1 is 1.33 bits per heavy atom. The van der Waals surface area contributed by atoms with E-state index in [4.69, 9.17) is 4.74 Å². The fourth-order valence-electron chi connectivity index (χ4n) is 1.70. The van der Waals surface area contributed by atoms with Crippen LogP contribution in [0.25, 0.3) is 0 Å². The van der Waals surface area contributed by atoms with Gasteiger partial charge >= 0.3 is 0 Å². The van der Waals surface area contributed by atoms with E-state index >= 15 is 0 Å². The molecule has 0 bridgehead atoms. The Morgan fingerprint density at radius 3 is 2.40 bits per heavy atom. The van der Waals surface area contributed by atoms with Crippen molar-refractivity contribution in [2.45, 2.75) is 12.8 Å². The van der Waals surface area contributed by atoms with Crippen molar-refractivity contribution in [2.24, 2.45) is 5.92 Å². The quantitative estimate of drug-likeness (QED) is 0.810. The van der Waals surface area contributed by atoms with Crippen molar-refractivity contribution in [3.05, 3.63) is 35.6 Å². The molecule has 2 nitrogen and oxygen atoms in total. The van der Waals surface area contributed by atoms with Gasteiger partial charge in [0.25, 0.3) is 0 Å². The van der Waals surface area contributed by atoms with Crippen LogP contribution >= 0.6 is 0 Å². The van der Waals surface area contributed by atoms with Crippen LogP contribution in [-0.4, -0.2) is 25.4 Å². The van der Waals surface area contributed by atoms with Gasteiger partial charge in [-0.2, -0.15) is 0 Å². The van der Waals surface area contributed by atoms with E-state index in [-0.39, 0.29) is 24.3 Å². The summed E-state index contributed by atoms with van der Waals surface area (Å²) in [6, 6.07) is 6.25. The number of methoxy groups -OCH3 is 1. The summed E-state index contributed by atoms with van der Waals surface area (Å²) in [5.41, 5.74) is 0.948. The molecular formula is C12H17FO2. The summed E-state index contributed by atoms with van der Waals surface area (Å²) >= 11 is 0. The van der Waals surface area contributed by atoms with Crippen molar-refractivity contribution in [1.82, 2.24) is 0 Å². The van der Waals surface area contributed by atoms with Crippen LogP contribution in [0.15, 0.2) is 24.3 Å². The van der Waals surface area contributed by atoms with Gasteiger partial charge in [0, 0.05) is 19.6 Å². The maximum absolute atomic E-state index is 12.7. The van der Waals surface area contributed by atoms with Crippen LogP contribution in [-0.2, 0) is 4.74 Å². The summed E-state index contributed by atoms with van der Waals surface area (Å²) in [4.78, 5) is 0. The molecule has 0 saturated carbocycles. The van der Waals surface area contributed by atoms with E-state index in [1.54, 1.807) is 19.2 Å². The van der Waals surface area contributed by atoms with E-state index in [2.05, 4.69) is 0 Å². The molecule has 0 aliphatic rings. The van der Waals surface area contributed by atoms with Crippen molar-refractivity contribution in [1.29, 1.82) is 0 Å². The summed E-state index contributed by atoms with van der Waals surface area (Å²) in [6.07, 6.45) is 0. The molecule has 0 fully saturated rings. The maximum Gasteiger partial charge on any atom is 0.123 e. The average Bonchev–Trinajstić information content (AvgIpc) is 2.22. The van der Waals surface area contributed by atoms with Crippen molar-refractivity contribution in [3.63, 3.8) is 0 Å². The number of aliphatic hydroxyl groups excluding tert-OH is 1. The van der Waals surface area contributed by atoms with Crippen LogP contribution in [0.1, 0.15) is 18.4 Å². The number of benzene rings is 1. The molecule has 0 aliphatic heterocycles. The van der Waals surface area contributed by atoms with Gasteiger partial charge in [0.15, 0.2) is 0 Å². The van der Waals surface area contributed by atoms with Crippen LogP contribution in [0.5, 0.6) is 0 Å². The van der Waals surface area contributed by atoms with Gasteiger partial charge in [-0.05, 0) is 23.6 Å². The first-order valence-corrected chi connectivity index (χ1v) is 5.04. The van der Waals surface area contributed by atoms with E-state index < -0.39 is 0 Å². The number of hydrogen-bond donors (Lipinski definition) is 1. The molecule has 0 radical (unpaired) electrons. The molecule has 3 heteroatoms. The molecule has 0 amide bonds. The van der Waals surface area contributed by atoms with Crippen LogP contribution in [0.2, 0.25) is 0 Å². The fourth-order valence-corrected chi connectivity index (χ4v) is 1.70. The summed E-state index contributed by atoms with van der Waals surface area (Å²) < 4.78 is 17.8. The lowest BCUT2D eigenvalue weighted by Crippen LogP contribution is -2.18. The molecule has 0 spiro atoms. The molecule has 0 aromatic heterocycles. The minimum Gasteiger partial charge on any atom is -0.396 e. The first kappa shape index (κ1) is 12.1. The van der Waals surface area contributed by atoms with Crippen molar-refractivity contribution in [3.8, 4) is 0 Å². The Kier molecular flexibility index (Phi) is 4.72. The highest BCUT2D eigenvalue weighted by Crippen LogP contribution is 2.24. The summed E-state index contributed by atoms with van der Waals surface area (Å²) in [7, 11) is 1.63. The lowest BCUT2D eigenvalue weighted by molar-refractivity contribution is 0.126. The van der Waals surface area contributed by atoms with Gasteiger partial charge in [-0.1, -0.05) is 19.1 Å². The van der Waals surface area contributed by atoms with Gasteiger partial charge in [0.05, 0.1) is 6.61 Å². The smallest absolute Gasteiger partial charge is 0.123 e. The Hall–Kier alpha value is -0.930. The number of hydrogen-bond acceptors (Lipinski definition) is 2. The monoisotopic (exact) mass is 212 g/mol. The summed E-state index contributed by atoms with van der Waals surface area (Å²) in [5.74, 6) is -0.0363. The van der Waals surface area contributed by atoms with Crippen molar-refractivity contribution >= 4 is 0 Å². The third-order valence-corrected chi connectivity index (χ3v) is 2.61. The van der Waals surface area contributed by atoms with E-state index in [0.717, 1.165) is 5.56 Å². The third-order valence-electron chi connectivity index (χ3n) is 2.61. The first-order valence-electron chi connectivity index (χ1n) is 5.04. The Labute approximate surface area is 89.7 Å². The molecule has 1 rings (SSSR count). The fraction of sp³-hybridized carbons (Fsp3) is 0.500. The van der Waals surface area contributed by atoms with E-state index in [1.807, 2.05) is 6.92 Å². The van der Waals surface area contributed by atoms with Gasteiger partial charge in [0.2, 0.25) is 0 Å². The Morgan fingerprint density at radius 2 is 1.93 bits per heavy atom. The van der Waals surface area contributed by atoms with Gasteiger partial charge in [-0.15, -0.1) is 0 Å².